The monoisotopic (exact) mass is 591 g/mol. The van der Waals surface area contributed by atoms with Gasteiger partial charge in [0.25, 0.3) is 15.9 Å². The zero-order chi connectivity index (χ0) is 29.8. The third kappa shape index (κ3) is 4.73. The highest BCUT2D eigenvalue weighted by Crippen LogP contribution is 2.39. The van der Waals surface area contributed by atoms with Crippen LogP contribution < -0.4 is 14.8 Å². The topological polar surface area (TPSA) is 140 Å². The lowest BCUT2D eigenvalue weighted by Gasteiger charge is -2.37. The van der Waals surface area contributed by atoms with Gasteiger partial charge in [0, 0.05) is 24.0 Å². The molecule has 0 unspecified atom stereocenters. The van der Waals surface area contributed by atoms with E-state index in [2.05, 4.69) is 21.2 Å². The van der Waals surface area contributed by atoms with Crippen LogP contribution in [0.2, 0.25) is 0 Å². The van der Waals surface area contributed by atoms with Gasteiger partial charge in [-0.25, -0.2) is 9.52 Å². The highest BCUT2D eigenvalue weighted by Gasteiger charge is 2.44. The zero-order valence-corrected chi connectivity index (χ0v) is 24.6. The molecule has 2 aromatic carbocycles. The molecule has 0 saturated heterocycles. The standard InChI is InChI=1S/C30H33N5O6S/c1-30(2)24-11-10-20(41-3)17-23(24)27(36)35(28(30)37)15-14-34-13-12-25(32-34)42(39,40)33-29(38)31-26-21-8-4-6-18(21)16-19-7-5-9-22(19)26/h10-13,16-17H,4-9,14-15H2,1-3H3,(H2,31,33,38). The van der Waals surface area contributed by atoms with E-state index in [0.29, 0.717) is 16.9 Å². The normalized spacial score (nSPS) is 17.1. The van der Waals surface area contributed by atoms with Crippen molar-refractivity contribution in [2.75, 3.05) is 19.0 Å². The number of carbonyl (C=O) groups excluding carboxylic acids is 3. The number of rotatable bonds is 7. The second kappa shape index (κ2) is 10.3. The minimum atomic E-state index is -4.27. The first-order valence-corrected chi connectivity index (χ1v) is 15.6. The van der Waals surface area contributed by atoms with Gasteiger partial charge in [-0.2, -0.15) is 13.5 Å². The Balaban J connectivity index is 1.14. The van der Waals surface area contributed by atoms with Crippen LogP contribution in [0, 0.1) is 0 Å². The van der Waals surface area contributed by atoms with E-state index in [-0.39, 0.29) is 24.0 Å². The highest BCUT2D eigenvalue weighted by atomic mass is 32.2. The van der Waals surface area contributed by atoms with Crippen molar-refractivity contribution in [2.24, 2.45) is 0 Å². The summed E-state index contributed by atoms with van der Waals surface area (Å²) in [5.74, 6) is -0.306. The number of aromatic nitrogens is 2. The van der Waals surface area contributed by atoms with Crippen LogP contribution in [-0.2, 0) is 52.5 Å². The van der Waals surface area contributed by atoms with E-state index in [1.54, 1.807) is 32.0 Å². The van der Waals surface area contributed by atoms with Crippen LogP contribution in [0.1, 0.15) is 64.9 Å². The van der Waals surface area contributed by atoms with Crippen LogP contribution in [0.4, 0.5) is 10.5 Å². The maximum atomic E-state index is 13.3. The third-order valence-corrected chi connectivity index (χ3v) is 9.76. The van der Waals surface area contributed by atoms with Crippen LogP contribution in [-0.4, -0.2) is 54.6 Å². The first kappa shape index (κ1) is 28.0. The van der Waals surface area contributed by atoms with Crippen molar-refractivity contribution in [2.45, 2.75) is 69.4 Å². The molecule has 2 aliphatic carbocycles. The molecule has 0 spiro atoms. The molecule has 2 heterocycles. The van der Waals surface area contributed by atoms with E-state index in [1.165, 1.54) is 35.2 Å². The molecule has 0 bridgehead atoms. The summed E-state index contributed by atoms with van der Waals surface area (Å²) in [6, 6.07) is 7.74. The van der Waals surface area contributed by atoms with Crippen molar-refractivity contribution in [1.82, 2.24) is 19.4 Å². The minimum absolute atomic E-state index is 0.0168. The molecule has 11 nitrogen and oxygen atoms in total. The molecule has 6 rings (SSSR count). The summed E-state index contributed by atoms with van der Waals surface area (Å²) in [7, 11) is -2.77. The number of urea groups is 1. The van der Waals surface area contributed by atoms with Gasteiger partial charge in [0.15, 0.2) is 5.03 Å². The van der Waals surface area contributed by atoms with Gasteiger partial charge >= 0.3 is 6.03 Å². The molecule has 3 aromatic rings. The van der Waals surface area contributed by atoms with Gasteiger partial charge in [-0.3, -0.25) is 19.2 Å². The quantitative estimate of drug-likeness (QED) is 0.402. The Kier molecular flexibility index (Phi) is 6.83. The summed E-state index contributed by atoms with van der Waals surface area (Å²) >= 11 is 0. The predicted octanol–water partition coefficient (Wildman–Crippen LogP) is 3.34. The minimum Gasteiger partial charge on any atom is -0.497 e. The second-order valence-corrected chi connectivity index (χ2v) is 13.1. The summed E-state index contributed by atoms with van der Waals surface area (Å²) in [6.07, 6.45) is 7.09. The molecule has 0 radical (unpaired) electrons. The largest absolute Gasteiger partial charge is 0.497 e. The molecule has 1 aromatic heterocycles. The first-order valence-electron chi connectivity index (χ1n) is 14.1. The molecule has 3 aliphatic rings. The molecular formula is C30H33N5O6S. The Morgan fingerprint density at radius 3 is 2.36 bits per heavy atom. The average molecular weight is 592 g/mol. The molecule has 2 N–H and O–H groups in total. The number of hydrogen-bond donors (Lipinski definition) is 2. The number of amides is 4. The number of ether oxygens (including phenoxy) is 1. The number of nitrogens with one attached hydrogen (secondary N) is 2. The number of hydrogen-bond acceptors (Lipinski definition) is 7. The van der Waals surface area contributed by atoms with Gasteiger partial charge in [-0.15, -0.1) is 0 Å². The van der Waals surface area contributed by atoms with Crippen molar-refractivity contribution in [1.29, 1.82) is 0 Å². The molecule has 4 amide bonds. The second-order valence-electron chi connectivity index (χ2n) is 11.5. The Morgan fingerprint density at radius 1 is 1.00 bits per heavy atom. The fourth-order valence-electron chi connectivity index (χ4n) is 6.36. The number of aryl methyl sites for hydroxylation is 2. The molecule has 0 saturated carbocycles. The highest BCUT2D eigenvalue weighted by molar-refractivity contribution is 7.90. The van der Waals surface area contributed by atoms with Gasteiger partial charge in [-0.1, -0.05) is 12.1 Å². The van der Waals surface area contributed by atoms with Crippen LogP contribution in [0.25, 0.3) is 0 Å². The van der Waals surface area contributed by atoms with Crippen molar-refractivity contribution in [3.05, 3.63) is 69.9 Å². The molecule has 42 heavy (non-hydrogen) atoms. The van der Waals surface area contributed by atoms with E-state index in [1.807, 2.05) is 0 Å². The lowest BCUT2D eigenvalue weighted by Crippen LogP contribution is -2.52. The molecule has 220 valence electrons. The molecule has 0 fully saturated rings. The Labute approximate surface area is 244 Å². The van der Waals surface area contributed by atoms with E-state index >= 15 is 0 Å². The van der Waals surface area contributed by atoms with Crippen LogP contribution >= 0.6 is 0 Å². The maximum absolute atomic E-state index is 13.3. The predicted molar refractivity (Wildman–Crippen MR) is 154 cm³/mol. The van der Waals surface area contributed by atoms with Crippen molar-refractivity contribution < 1.29 is 27.5 Å². The lowest BCUT2D eigenvalue weighted by atomic mass is 9.77. The number of imide groups is 1. The van der Waals surface area contributed by atoms with Crippen molar-refractivity contribution in [3.8, 4) is 5.75 Å². The van der Waals surface area contributed by atoms with Gasteiger partial charge < -0.3 is 10.1 Å². The Hall–Kier alpha value is -4.19. The molecule has 12 heteroatoms. The van der Waals surface area contributed by atoms with Gasteiger partial charge in [0.2, 0.25) is 5.91 Å². The lowest BCUT2D eigenvalue weighted by molar-refractivity contribution is -0.134. The zero-order valence-electron chi connectivity index (χ0n) is 23.8. The molecular weight excluding hydrogens is 558 g/mol. The van der Waals surface area contributed by atoms with E-state index in [4.69, 9.17) is 4.74 Å². The van der Waals surface area contributed by atoms with Gasteiger partial charge in [-0.05, 0) is 98.4 Å². The summed E-state index contributed by atoms with van der Waals surface area (Å²) in [5.41, 5.74) is 5.45. The number of nitrogens with zero attached hydrogens (tertiary/aromatic N) is 3. The van der Waals surface area contributed by atoms with Crippen molar-refractivity contribution >= 4 is 33.6 Å². The van der Waals surface area contributed by atoms with Gasteiger partial charge in [0.05, 0.1) is 19.1 Å². The Morgan fingerprint density at radius 2 is 1.69 bits per heavy atom. The summed E-state index contributed by atoms with van der Waals surface area (Å²) < 4.78 is 34.7. The fraction of sp³-hybridized carbons (Fsp3) is 0.400. The fourth-order valence-corrected chi connectivity index (χ4v) is 7.21. The van der Waals surface area contributed by atoms with Crippen molar-refractivity contribution in [3.63, 3.8) is 0 Å². The summed E-state index contributed by atoms with van der Waals surface area (Å²) in [6.45, 7) is 3.56. The summed E-state index contributed by atoms with van der Waals surface area (Å²) in [5, 5.41) is 6.60. The Bertz CT molecular complexity index is 1710. The maximum Gasteiger partial charge on any atom is 0.333 e. The smallest absolute Gasteiger partial charge is 0.333 e. The van der Waals surface area contributed by atoms with E-state index in [9.17, 15) is 22.8 Å². The molecule has 0 atom stereocenters. The van der Waals surface area contributed by atoms with Crippen LogP contribution in [0.5, 0.6) is 5.75 Å². The van der Waals surface area contributed by atoms with Crippen LogP contribution in [0.15, 0.2) is 41.6 Å². The number of methoxy groups -OCH3 is 1. The van der Waals surface area contributed by atoms with E-state index < -0.39 is 27.4 Å². The first-order chi connectivity index (χ1) is 20.0. The SMILES string of the molecule is COc1ccc2c(c1)C(=O)N(CCn1ccc(S(=O)(=O)NC(=O)Nc3c4c(cc5c3CCC5)CCC4)n1)C(=O)C2(C)C. The number of carbonyl (C=O) groups is 3. The van der Waals surface area contributed by atoms with Crippen LogP contribution in [0.3, 0.4) is 0 Å². The number of anilines is 1. The summed E-state index contributed by atoms with van der Waals surface area (Å²) in [4.78, 5) is 40.6. The number of benzene rings is 2. The number of sulfonamides is 1. The number of fused-ring (bicyclic) bond motifs is 3. The third-order valence-electron chi connectivity index (χ3n) is 8.54. The average Bonchev–Trinajstić information content (AvgIpc) is 3.72. The van der Waals surface area contributed by atoms with Gasteiger partial charge in [0.1, 0.15) is 5.75 Å². The van der Waals surface area contributed by atoms with E-state index in [0.717, 1.165) is 60.2 Å². The molecule has 1 aliphatic heterocycles.